The van der Waals surface area contributed by atoms with Gasteiger partial charge in [-0.25, -0.2) is 8.42 Å². The lowest BCUT2D eigenvalue weighted by Crippen LogP contribution is -2.17. The van der Waals surface area contributed by atoms with Crippen LogP contribution in [0.1, 0.15) is 21.5 Å². The summed E-state index contributed by atoms with van der Waals surface area (Å²) in [5, 5.41) is 3.09. The molecule has 0 aliphatic rings. The molecule has 0 saturated carbocycles. The Kier molecular flexibility index (Phi) is 6.34. The van der Waals surface area contributed by atoms with E-state index in [0.717, 1.165) is 5.56 Å². The molecule has 2 N–H and O–H groups in total. The van der Waals surface area contributed by atoms with Crippen LogP contribution < -0.4 is 14.8 Å². The number of benzene rings is 3. The number of amides is 1. The van der Waals surface area contributed by atoms with Gasteiger partial charge in [-0.15, -0.1) is 0 Å². The number of nitrogens with one attached hydrogen (secondary N) is 2. The third kappa shape index (κ3) is 4.75. The summed E-state index contributed by atoms with van der Waals surface area (Å²) < 4.78 is 33.3. The van der Waals surface area contributed by atoms with E-state index in [1.165, 1.54) is 19.2 Å². The fourth-order valence-electron chi connectivity index (χ4n) is 2.85. The third-order valence-corrected chi connectivity index (χ3v) is 6.22. The Morgan fingerprint density at radius 2 is 1.70 bits per heavy atom. The molecule has 156 valence electrons. The van der Waals surface area contributed by atoms with Crippen molar-refractivity contribution in [2.45, 2.75) is 18.7 Å². The average Bonchev–Trinajstić information content (AvgIpc) is 2.70. The average molecular weight is 445 g/mol. The van der Waals surface area contributed by atoms with Crippen LogP contribution in [0, 0.1) is 13.8 Å². The lowest BCUT2D eigenvalue weighted by molar-refractivity contribution is 0.102. The van der Waals surface area contributed by atoms with Crippen molar-refractivity contribution in [3.8, 4) is 5.75 Å². The molecule has 0 bridgehead atoms. The summed E-state index contributed by atoms with van der Waals surface area (Å²) in [5.41, 5.74) is 2.63. The first kappa shape index (κ1) is 21.7. The summed E-state index contributed by atoms with van der Waals surface area (Å²) in [6.07, 6.45) is 0. The molecule has 0 saturated heterocycles. The van der Waals surface area contributed by atoms with Crippen LogP contribution >= 0.6 is 11.6 Å². The highest BCUT2D eigenvalue weighted by Crippen LogP contribution is 2.28. The van der Waals surface area contributed by atoms with Gasteiger partial charge >= 0.3 is 0 Å². The van der Waals surface area contributed by atoms with Crippen LogP contribution in [0.4, 0.5) is 11.4 Å². The van der Waals surface area contributed by atoms with Gasteiger partial charge in [-0.1, -0.05) is 35.9 Å². The van der Waals surface area contributed by atoms with Crippen LogP contribution in [0.25, 0.3) is 0 Å². The predicted octanol–water partition coefficient (Wildman–Crippen LogP) is 5.02. The first-order chi connectivity index (χ1) is 14.2. The van der Waals surface area contributed by atoms with Gasteiger partial charge in [0.1, 0.15) is 5.75 Å². The number of rotatable bonds is 6. The Labute approximate surface area is 180 Å². The van der Waals surface area contributed by atoms with Crippen molar-refractivity contribution in [2.75, 3.05) is 17.1 Å². The number of anilines is 2. The van der Waals surface area contributed by atoms with E-state index in [0.29, 0.717) is 27.7 Å². The van der Waals surface area contributed by atoms with E-state index in [1.807, 2.05) is 19.1 Å². The predicted molar refractivity (Wildman–Crippen MR) is 119 cm³/mol. The molecule has 8 heteroatoms. The van der Waals surface area contributed by atoms with Crippen molar-refractivity contribution >= 4 is 38.9 Å². The number of hydrogen-bond acceptors (Lipinski definition) is 4. The first-order valence-corrected chi connectivity index (χ1v) is 10.9. The minimum atomic E-state index is -3.86. The van der Waals surface area contributed by atoms with Gasteiger partial charge in [-0.2, -0.15) is 0 Å². The Morgan fingerprint density at radius 3 is 2.37 bits per heavy atom. The zero-order valence-electron chi connectivity index (χ0n) is 16.7. The van der Waals surface area contributed by atoms with Gasteiger partial charge in [-0.3, -0.25) is 9.52 Å². The standard InChI is InChI=1S/C22H21ClN2O4S/c1-14-8-10-17(30(27,28)25-20-7-5-4-6-15(20)2)13-18(14)22(26)24-16-9-11-21(29-3)19(23)12-16/h4-13,25H,1-3H3,(H,24,26). The van der Waals surface area contributed by atoms with E-state index < -0.39 is 15.9 Å². The van der Waals surface area contributed by atoms with E-state index in [1.54, 1.807) is 43.3 Å². The fraction of sp³-hybridized carbons (Fsp3) is 0.136. The number of ether oxygens (including phenoxy) is 1. The van der Waals surface area contributed by atoms with Crippen LogP contribution in [-0.4, -0.2) is 21.4 Å². The highest BCUT2D eigenvalue weighted by atomic mass is 35.5. The number of aryl methyl sites for hydroxylation is 2. The number of carbonyl (C=O) groups excluding carboxylic acids is 1. The highest BCUT2D eigenvalue weighted by Gasteiger charge is 2.19. The summed E-state index contributed by atoms with van der Waals surface area (Å²) in [5.74, 6) is 0.0443. The van der Waals surface area contributed by atoms with Gasteiger partial charge in [-0.05, 0) is 61.4 Å². The topological polar surface area (TPSA) is 84.5 Å². The van der Waals surface area contributed by atoms with E-state index in [-0.39, 0.29) is 10.5 Å². The van der Waals surface area contributed by atoms with Crippen LogP contribution in [0.2, 0.25) is 5.02 Å². The molecule has 3 rings (SSSR count). The molecule has 0 aromatic heterocycles. The van der Waals surface area contributed by atoms with Crippen LogP contribution in [0.15, 0.2) is 65.6 Å². The zero-order valence-corrected chi connectivity index (χ0v) is 18.3. The molecule has 1 amide bonds. The largest absolute Gasteiger partial charge is 0.495 e. The second kappa shape index (κ2) is 8.77. The van der Waals surface area contributed by atoms with Crippen LogP contribution in [0.5, 0.6) is 5.75 Å². The SMILES string of the molecule is COc1ccc(NC(=O)c2cc(S(=O)(=O)Nc3ccccc3C)ccc2C)cc1Cl. The molecule has 6 nitrogen and oxygen atoms in total. The lowest BCUT2D eigenvalue weighted by Gasteiger charge is -2.13. The van der Waals surface area contributed by atoms with Crippen molar-refractivity contribution < 1.29 is 17.9 Å². The van der Waals surface area contributed by atoms with E-state index in [4.69, 9.17) is 16.3 Å². The Balaban J connectivity index is 1.88. The molecule has 0 unspecified atom stereocenters. The van der Waals surface area contributed by atoms with Crippen molar-refractivity contribution in [1.29, 1.82) is 0 Å². The molecular formula is C22H21ClN2O4S. The lowest BCUT2D eigenvalue weighted by atomic mass is 10.1. The van der Waals surface area contributed by atoms with Crippen molar-refractivity contribution in [1.82, 2.24) is 0 Å². The monoisotopic (exact) mass is 444 g/mol. The maximum atomic E-state index is 12.8. The van der Waals surface area contributed by atoms with Crippen molar-refractivity contribution in [3.05, 3.63) is 82.4 Å². The summed E-state index contributed by atoms with van der Waals surface area (Å²) in [6.45, 7) is 3.55. The number of para-hydroxylation sites is 1. The molecule has 0 aliphatic heterocycles. The van der Waals surface area contributed by atoms with Crippen molar-refractivity contribution in [3.63, 3.8) is 0 Å². The normalized spacial score (nSPS) is 11.1. The van der Waals surface area contributed by atoms with Gasteiger partial charge in [0.15, 0.2) is 0 Å². The zero-order chi connectivity index (χ0) is 21.9. The number of methoxy groups -OCH3 is 1. The molecule has 0 atom stereocenters. The van der Waals surface area contributed by atoms with Gasteiger partial charge in [0, 0.05) is 11.3 Å². The van der Waals surface area contributed by atoms with E-state index >= 15 is 0 Å². The van der Waals surface area contributed by atoms with Gasteiger partial charge < -0.3 is 10.1 Å². The minimum absolute atomic E-state index is 0.00531. The maximum absolute atomic E-state index is 12.8. The quantitative estimate of drug-likeness (QED) is 0.559. The number of sulfonamides is 1. The highest BCUT2D eigenvalue weighted by molar-refractivity contribution is 7.92. The summed E-state index contributed by atoms with van der Waals surface area (Å²) >= 11 is 6.10. The Morgan fingerprint density at radius 1 is 0.967 bits per heavy atom. The fourth-order valence-corrected chi connectivity index (χ4v) is 4.26. The molecule has 0 aliphatic carbocycles. The Hall–Kier alpha value is -3.03. The number of halogens is 1. The minimum Gasteiger partial charge on any atom is -0.495 e. The van der Waals surface area contributed by atoms with Gasteiger partial charge in [0.2, 0.25) is 0 Å². The number of hydrogen-bond donors (Lipinski definition) is 2. The first-order valence-electron chi connectivity index (χ1n) is 9.05. The maximum Gasteiger partial charge on any atom is 0.261 e. The molecule has 3 aromatic carbocycles. The third-order valence-electron chi connectivity index (χ3n) is 4.56. The van der Waals surface area contributed by atoms with Crippen molar-refractivity contribution in [2.24, 2.45) is 0 Å². The molecule has 0 heterocycles. The Bertz CT molecular complexity index is 1210. The second-order valence-electron chi connectivity index (χ2n) is 6.70. The second-order valence-corrected chi connectivity index (χ2v) is 8.79. The van der Waals surface area contributed by atoms with E-state index in [2.05, 4.69) is 10.0 Å². The summed E-state index contributed by atoms with van der Waals surface area (Å²) in [7, 11) is -2.37. The smallest absolute Gasteiger partial charge is 0.261 e. The molecule has 3 aromatic rings. The molecule has 0 fully saturated rings. The molecular weight excluding hydrogens is 424 g/mol. The van der Waals surface area contributed by atoms with Crippen LogP contribution in [0.3, 0.4) is 0 Å². The van der Waals surface area contributed by atoms with E-state index in [9.17, 15) is 13.2 Å². The van der Waals surface area contributed by atoms with Crippen LogP contribution in [-0.2, 0) is 10.0 Å². The summed E-state index contributed by atoms with van der Waals surface area (Å²) in [4.78, 5) is 12.8. The summed E-state index contributed by atoms with van der Waals surface area (Å²) in [6, 6.07) is 16.3. The molecule has 0 radical (unpaired) electrons. The molecule has 0 spiro atoms. The van der Waals surface area contributed by atoms with Gasteiger partial charge in [0.25, 0.3) is 15.9 Å². The van der Waals surface area contributed by atoms with Gasteiger partial charge in [0.05, 0.1) is 22.7 Å². The number of carbonyl (C=O) groups is 1. The molecule has 30 heavy (non-hydrogen) atoms.